The van der Waals surface area contributed by atoms with Gasteiger partial charge in [0.1, 0.15) is 0 Å². The molecule has 2 saturated heterocycles. The Hall–Kier alpha value is -2.74. The van der Waals surface area contributed by atoms with Gasteiger partial charge in [-0.1, -0.05) is 30.0 Å². The molecule has 0 saturated carbocycles. The Bertz CT molecular complexity index is 1160. The molecule has 1 aromatic heterocycles. The third-order valence-corrected chi connectivity index (χ3v) is 8.06. The average Bonchev–Trinajstić information content (AvgIpc) is 3.44. The number of carbonyl (C=O) groups excluding carboxylic acids is 2. The molecule has 0 unspecified atom stereocenters. The maximum atomic E-state index is 13.0. The predicted molar refractivity (Wildman–Crippen MR) is 121 cm³/mol. The molecule has 0 atom stereocenters. The lowest BCUT2D eigenvalue weighted by Gasteiger charge is -2.26. The van der Waals surface area contributed by atoms with E-state index in [-0.39, 0.29) is 16.6 Å². The second-order valence-electron chi connectivity index (χ2n) is 7.32. The minimum absolute atomic E-state index is 0.0220. The molecule has 1 N–H and O–H groups in total. The van der Waals surface area contributed by atoms with Crippen LogP contribution in [0.1, 0.15) is 0 Å². The maximum absolute atomic E-state index is 13.0. The highest BCUT2D eigenvalue weighted by atomic mass is 32.2. The fourth-order valence-corrected chi connectivity index (χ4v) is 5.83. The molecule has 2 aromatic rings. The normalized spacial score (nSPS) is 17.2. The number of morpholine rings is 1. The standard InChI is InChI=1S/C20H24N6O5S2/c1-2-7-26-18(22-23-20(26)32-14-17(27)25-8-6-21-19(25)28)15-4-3-5-16(13-15)33(29,30)24-9-11-31-12-10-24/h2-5,13H,1,6-12,14H2,(H,21,28). The Morgan fingerprint density at radius 1 is 1.24 bits per heavy atom. The molecule has 4 rings (SSSR count). The Morgan fingerprint density at radius 3 is 2.73 bits per heavy atom. The van der Waals surface area contributed by atoms with Crippen molar-refractivity contribution in [3.8, 4) is 11.4 Å². The molecule has 0 radical (unpaired) electrons. The molecule has 2 fully saturated rings. The van der Waals surface area contributed by atoms with Gasteiger partial charge in [-0.05, 0) is 12.1 Å². The van der Waals surface area contributed by atoms with Gasteiger partial charge in [-0.25, -0.2) is 13.2 Å². The molecule has 33 heavy (non-hydrogen) atoms. The van der Waals surface area contributed by atoms with E-state index in [9.17, 15) is 18.0 Å². The summed E-state index contributed by atoms with van der Waals surface area (Å²) in [5.74, 6) is 0.167. The molecule has 3 heterocycles. The number of amides is 3. The first-order valence-electron chi connectivity index (χ1n) is 10.3. The predicted octanol–water partition coefficient (Wildman–Crippen LogP) is 0.796. The molecule has 11 nitrogen and oxygen atoms in total. The van der Waals surface area contributed by atoms with Gasteiger partial charge in [0.15, 0.2) is 11.0 Å². The van der Waals surface area contributed by atoms with Gasteiger partial charge in [0.25, 0.3) is 0 Å². The Balaban J connectivity index is 1.57. The summed E-state index contributed by atoms with van der Waals surface area (Å²) in [6.45, 7) is 6.26. The van der Waals surface area contributed by atoms with Crippen LogP contribution in [0.3, 0.4) is 0 Å². The Kier molecular flexibility index (Phi) is 7.12. The monoisotopic (exact) mass is 492 g/mol. The molecule has 2 aliphatic heterocycles. The summed E-state index contributed by atoms with van der Waals surface area (Å²) in [7, 11) is -3.66. The first-order valence-corrected chi connectivity index (χ1v) is 12.8. The van der Waals surface area contributed by atoms with Crippen LogP contribution in [-0.4, -0.2) is 89.5 Å². The lowest BCUT2D eigenvalue weighted by Crippen LogP contribution is -2.40. The van der Waals surface area contributed by atoms with Crippen LogP contribution in [0.4, 0.5) is 4.79 Å². The lowest BCUT2D eigenvalue weighted by atomic mass is 10.2. The van der Waals surface area contributed by atoms with Crippen LogP contribution in [0.2, 0.25) is 0 Å². The molecular weight excluding hydrogens is 468 g/mol. The number of thioether (sulfide) groups is 1. The first-order chi connectivity index (χ1) is 15.9. The van der Waals surface area contributed by atoms with Crippen LogP contribution in [0.25, 0.3) is 11.4 Å². The molecule has 13 heteroatoms. The van der Waals surface area contributed by atoms with Gasteiger partial charge in [0, 0.05) is 38.3 Å². The first kappa shape index (κ1) is 23.4. The minimum Gasteiger partial charge on any atom is -0.379 e. The molecule has 2 aliphatic rings. The number of carbonyl (C=O) groups is 2. The number of imide groups is 1. The van der Waals surface area contributed by atoms with Crippen LogP contribution < -0.4 is 5.32 Å². The number of nitrogens with zero attached hydrogens (tertiary/aromatic N) is 5. The summed E-state index contributed by atoms with van der Waals surface area (Å²) in [4.78, 5) is 25.4. The number of benzene rings is 1. The van der Waals surface area contributed by atoms with Gasteiger partial charge in [0.05, 0.1) is 23.9 Å². The molecule has 1 aromatic carbocycles. The summed E-state index contributed by atoms with van der Waals surface area (Å²) in [5.41, 5.74) is 0.579. The number of sulfonamides is 1. The second kappa shape index (κ2) is 10.0. The van der Waals surface area contributed by atoms with Crippen molar-refractivity contribution in [2.24, 2.45) is 0 Å². The Morgan fingerprint density at radius 2 is 2.03 bits per heavy atom. The van der Waals surface area contributed by atoms with Crippen LogP contribution in [0.15, 0.2) is 47.0 Å². The molecule has 176 valence electrons. The third kappa shape index (κ3) is 4.95. The SMILES string of the molecule is C=CCn1c(SCC(=O)N2CCNC2=O)nnc1-c1cccc(S(=O)(=O)N2CCOCC2)c1. The van der Waals surface area contributed by atoms with E-state index in [1.54, 1.807) is 34.9 Å². The number of rotatable bonds is 8. The van der Waals surface area contributed by atoms with Crippen LogP contribution in [0, 0.1) is 0 Å². The van der Waals surface area contributed by atoms with Gasteiger partial charge < -0.3 is 10.1 Å². The molecule has 0 bridgehead atoms. The van der Waals surface area contributed by atoms with Crippen molar-refractivity contribution in [2.75, 3.05) is 45.1 Å². The highest BCUT2D eigenvalue weighted by Crippen LogP contribution is 2.27. The molecule has 0 spiro atoms. The van der Waals surface area contributed by atoms with Gasteiger partial charge in [-0.15, -0.1) is 16.8 Å². The number of urea groups is 1. The zero-order chi connectivity index (χ0) is 23.4. The smallest absolute Gasteiger partial charge is 0.324 e. The van der Waals surface area contributed by atoms with E-state index in [0.29, 0.717) is 62.5 Å². The van der Waals surface area contributed by atoms with E-state index in [0.717, 1.165) is 11.8 Å². The number of allylic oxidation sites excluding steroid dienone is 1. The fourth-order valence-electron chi connectivity index (χ4n) is 3.55. The summed E-state index contributed by atoms with van der Waals surface area (Å²) < 4.78 is 34.5. The lowest BCUT2D eigenvalue weighted by molar-refractivity contribution is -0.124. The summed E-state index contributed by atoms with van der Waals surface area (Å²) >= 11 is 1.16. The van der Waals surface area contributed by atoms with Crippen LogP contribution in [0.5, 0.6) is 0 Å². The van der Waals surface area contributed by atoms with Crippen molar-refractivity contribution in [3.63, 3.8) is 0 Å². The van der Waals surface area contributed by atoms with E-state index in [2.05, 4.69) is 22.1 Å². The summed E-state index contributed by atoms with van der Waals surface area (Å²) in [5, 5.41) is 11.5. The third-order valence-electron chi connectivity index (χ3n) is 5.21. The van der Waals surface area contributed by atoms with Crippen molar-refractivity contribution in [1.29, 1.82) is 0 Å². The minimum atomic E-state index is -3.66. The number of nitrogens with one attached hydrogen (secondary N) is 1. The maximum Gasteiger partial charge on any atom is 0.324 e. The van der Waals surface area contributed by atoms with Crippen LogP contribution in [-0.2, 0) is 26.1 Å². The van der Waals surface area contributed by atoms with E-state index in [4.69, 9.17) is 4.74 Å². The number of hydrogen-bond acceptors (Lipinski definition) is 8. The molecular formula is C20H24N6O5S2. The second-order valence-corrected chi connectivity index (χ2v) is 10.2. The number of ether oxygens (including phenoxy) is 1. The van der Waals surface area contributed by atoms with E-state index >= 15 is 0 Å². The molecule has 0 aliphatic carbocycles. The largest absolute Gasteiger partial charge is 0.379 e. The zero-order valence-corrected chi connectivity index (χ0v) is 19.5. The highest BCUT2D eigenvalue weighted by Gasteiger charge is 2.28. The highest BCUT2D eigenvalue weighted by molar-refractivity contribution is 7.99. The fraction of sp³-hybridized carbons (Fsp3) is 0.400. The summed E-state index contributed by atoms with van der Waals surface area (Å²) in [6.07, 6.45) is 1.67. The van der Waals surface area contributed by atoms with Crippen molar-refractivity contribution in [2.45, 2.75) is 16.6 Å². The topological polar surface area (TPSA) is 127 Å². The quantitative estimate of drug-likeness (QED) is 0.423. The summed E-state index contributed by atoms with van der Waals surface area (Å²) in [6, 6.07) is 6.15. The van der Waals surface area contributed by atoms with E-state index in [1.165, 1.54) is 9.21 Å². The zero-order valence-electron chi connectivity index (χ0n) is 17.8. The molecule has 3 amide bonds. The Labute approximate surface area is 195 Å². The van der Waals surface area contributed by atoms with Gasteiger partial charge in [-0.3, -0.25) is 14.3 Å². The van der Waals surface area contributed by atoms with Crippen molar-refractivity contribution >= 4 is 33.7 Å². The number of hydrogen-bond donors (Lipinski definition) is 1. The van der Waals surface area contributed by atoms with Crippen LogP contribution >= 0.6 is 11.8 Å². The van der Waals surface area contributed by atoms with E-state index in [1.807, 2.05) is 0 Å². The average molecular weight is 493 g/mol. The van der Waals surface area contributed by atoms with Gasteiger partial charge in [0.2, 0.25) is 15.9 Å². The van der Waals surface area contributed by atoms with Gasteiger partial charge >= 0.3 is 6.03 Å². The van der Waals surface area contributed by atoms with Crippen molar-refractivity contribution in [3.05, 3.63) is 36.9 Å². The number of aromatic nitrogens is 3. The van der Waals surface area contributed by atoms with E-state index < -0.39 is 16.1 Å². The van der Waals surface area contributed by atoms with Crippen molar-refractivity contribution in [1.82, 2.24) is 29.3 Å². The van der Waals surface area contributed by atoms with Crippen molar-refractivity contribution < 1.29 is 22.7 Å². The van der Waals surface area contributed by atoms with Gasteiger partial charge in [-0.2, -0.15) is 4.31 Å².